The number of azo groups is 1. The van der Waals surface area contributed by atoms with E-state index in [1.54, 1.807) is 42.5 Å². The second-order valence-corrected chi connectivity index (χ2v) is 6.98. The molecule has 0 heterocycles. The predicted molar refractivity (Wildman–Crippen MR) is 98.1 cm³/mol. The van der Waals surface area contributed by atoms with E-state index in [-0.39, 0.29) is 21.7 Å². The fraction of sp³-hybridized carbons (Fsp3) is 0. The summed E-state index contributed by atoms with van der Waals surface area (Å²) in [6.07, 6.45) is 0. The Balaban J connectivity index is 2.26. The number of hydrogen-bond acceptors (Lipinski definition) is 6. The molecule has 0 spiro atoms. The molecule has 3 rings (SSSR count). The monoisotopic (exact) mass is 389 g/mol. The topological polar surface area (TPSA) is 130 Å². The summed E-state index contributed by atoms with van der Waals surface area (Å²) < 4.78 is 33.1. The van der Waals surface area contributed by atoms with Gasteiger partial charge >= 0.3 is 0 Å². The first-order valence-corrected chi connectivity index (χ1v) is 9.03. The van der Waals surface area contributed by atoms with Crippen molar-refractivity contribution in [2.24, 2.45) is 26.4 Å². The molecule has 132 valence electrons. The van der Waals surface area contributed by atoms with Crippen molar-refractivity contribution in [2.75, 3.05) is 0 Å². The lowest BCUT2D eigenvalue weighted by atomic mass is 10.1. The number of hydrogen-bond donors (Lipinski definition) is 2. The molecular weight excluding hydrogens is 378 g/mol. The Morgan fingerprint density at radius 3 is 2.19 bits per heavy atom. The fourth-order valence-electron chi connectivity index (χ4n) is 2.38. The summed E-state index contributed by atoms with van der Waals surface area (Å²) in [5.74, 6) is 5.17. The van der Waals surface area contributed by atoms with Crippen LogP contribution in [0.15, 0.2) is 80.1 Å². The Bertz CT molecular complexity index is 1130. The quantitative estimate of drug-likeness (QED) is 0.277. The lowest BCUT2D eigenvalue weighted by Crippen LogP contribution is -1.99. The number of benzene rings is 3. The van der Waals surface area contributed by atoms with Crippen molar-refractivity contribution in [3.8, 4) is 0 Å². The number of halogens is 1. The molecule has 0 radical (unpaired) electrons. The van der Waals surface area contributed by atoms with Crippen LogP contribution in [0.4, 0.5) is 17.1 Å². The molecule has 0 fully saturated rings. The van der Waals surface area contributed by atoms with E-state index in [1.807, 2.05) is 0 Å². The zero-order chi connectivity index (χ0) is 18.7. The van der Waals surface area contributed by atoms with Crippen molar-refractivity contribution in [3.05, 3.63) is 59.6 Å². The highest BCUT2D eigenvalue weighted by Crippen LogP contribution is 2.40. The van der Waals surface area contributed by atoms with Crippen LogP contribution in [0.2, 0.25) is 5.02 Å². The van der Waals surface area contributed by atoms with Crippen molar-refractivity contribution < 1.29 is 13.0 Å². The maximum atomic E-state index is 11.8. The lowest BCUT2D eigenvalue weighted by molar-refractivity contribution is 0.484. The highest BCUT2D eigenvalue weighted by atomic mass is 35.5. The number of fused-ring (bicyclic) bond motifs is 1. The molecule has 0 aliphatic carbocycles. The summed E-state index contributed by atoms with van der Waals surface area (Å²) >= 11 is 5.82. The van der Waals surface area contributed by atoms with Gasteiger partial charge < -0.3 is 5.84 Å². The van der Waals surface area contributed by atoms with Gasteiger partial charge in [0.2, 0.25) is 0 Å². The highest BCUT2D eigenvalue weighted by Gasteiger charge is 2.19. The first kappa shape index (κ1) is 17.9. The van der Waals surface area contributed by atoms with Gasteiger partial charge in [0.25, 0.3) is 10.1 Å². The van der Waals surface area contributed by atoms with Crippen LogP contribution in [-0.4, -0.2) is 13.0 Å². The Hall–Kier alpha value is -2.88. The summed E-state index contributed by atoms with van der Waals surface area (Å²) in [5, 5.41) is 16.4. The summed E-state index contributed by atoms with van der Waals surface area (Å²) in [5.41, 5.74) is 0.806. The third kappa shape index (κ3) is 3.69. The maximum absolute atomic E-state index is 11.8. The minimum absolute atomic E-state index is 0.0838. The molecule has 0 bridgehead atoms. The molecule has 0 aliphatic rings. The van der Waals surface area contributed by atoms with Gasteiger partial charge in [-0.2, -0.15) is 13.5 Å². The summed E-state index contributed by atoms with van der Waals surface area (Å²) in [6, 6.07) is 14.2. The molecule has 0 aliphatic heterocycles. The number of rotatable bonds is 4. The van der Waals surface area contributed by atoms with E-state index in [9.17, 15) is 13.0 Å². The molecule has 26 heavy (non-hydrogen) atoms. The highest BCUT2D eigenvalue weighted by molar-refractivity contribution is 7.86. The second-order valence-electron chi connectivity index (χ2n) is 5.15. The second kappa shape index (κ2) is 7.16. The fourth-order valence-corrected chi connectivity index (χ4v) is 3.23. The molecule has 3 aromatic carbocycles. The minimum Gasteiger partial charge on any atom is -0.305 e. The van der Waals surface area contributed by atoms with Gasteiger partial charge in [-0.3, -0.25) is 4.55 Å². The van der Waals surface area contributed by atoms with Gasteiger partial charge in [-0.15, -0.1) is 10.2 Å². The van der Waals surface area contributed by atoms with Crippen LogP contribution in [-0.2, 0) is 10.1 Å². The molecule has 0 amide bonds. The molecule has 0 unspecified atom stereocenters. The molecule has 3 aromatic rings. The minimum atomic E-state index is -4.49. The third-order valence-electron chi connectivity index (χ3n) is 3.49. The average Bonchev–Trinajstić information content (AvgIpc) is 2.61. The van der Waals surface area contributed by atoms with Crippen LogP contribution in [0.3, 0.4) is 0 Å². The van der Waals surface area contributed by atoms with Crippen LogP contribution in [0.25, 0.3) is 10.8 Å². The Labute approximate surface area is 153 Å². The van der Waals surface area contributed by atoms with Gasteiger partial charge in [0.1, 0.15) is 16.3 Å². The Kier molecular flexibility index (Phi) is 4.94. The van der Waals surface area contributed by atoms with Crippen molar-refractivity contribution in [1.29, 1.82) is 0 Å². The van der Waals surface area contributed by atoms with E-state index in [2.05, 4.69) is 20.6 Å². The molecule has 3 N–H and O–H groups in total. The molecule has 0 aromatic heterocycles. The lowest BCUT2D eigenvalue weighted by Gasteiger charge is -2.08. The van der Waals surface area contributed by atoms with Gasteiger partial charge in [-0.05, 0) is 30.3 Å². The van der Waals surface area contributed by atoms with E-state index < -0.39 is 10.1 Å². The van der Waals surface area contributed by atoms with E-state index >= 15 is 0 Å². The third-order valence-corrected chi connectivity index (χ3v) is 4.64. The zero-order valence-corrected chi connectivity index (χ0v) is 14.7. The smallest absolute Gasteiger partial charge is 0.295 e. The predicted octanol–water partition coefficient (Wildman–Crippen LogP) is 5.11. The molecular formula is C16H12ClN5O3S. The summed E-state index contributed by atoms with van der Waals surface area (Å²) in [6.45, 7) is 0. The largest absolute Gasteiger partial charge is 0.305 e. The van der Waals surface area contributed by atoms with E-state index in [4.69, 9.17) is 17.4 Å². The van der Waals surface area contributed by atoms with E-state index in [1.165, 1.54) is 12.1 Å². The van der Waals surface area contributed by atoms with Gasteiger partial charge in [0, 0.05) is 15.8 Å². The maximum Gasteiger partial charge on any atom is 0.295 e. The van der Waals surface area contributed by atoms with E-state index in [0.717, 1.165) is 0 Å². The average molecular weight is 390 g/mol. The number of nitrogens with two attached hydrogens (primary N) is 1. The van der Waals surface area contributed by atoms with Crippen LogP contribution in [0.5, 0.6) is 0 Å². The molecule has 8 nitrogen and oxygen atoms in total. The van der Waals surface area contributed by atoms with Crippen LogP contribution in [0, 0.1) is 0 Å². The normalized spacial score (nSPS) is 12.4. The summed E-state index contributed by atoms with van der Waals surface area (Å²) in [7, 11) is -4.49. The Morgan fingerprint density at radius 2 is 1.58 bits per heavy atom. The SMILES string of the molecule is NN=Nc1c(N=Nc2ccc(Cl)cc2)cc(S(=O)(=O)O)c2ccccc12. The molecule has 0 atom stereocenters. The molecule has 10 heteroatoms. The van der Waals surface area contributed by atoms with Gasteiger partial charge in [-0.25, -0.2) is 0 Å². The van der Waals surface area contributed by atoms with Crippen molar-refractivity contribution >= 4 is 49.6 Å². The van der Waals surface area contributed by atoms with Crippen LogP contribution >= 0.6 is 11.6 Å². The van der Waals surface area contributed by atoms with Gasteiger partial charge in [0.05, 0.1) is 5.69 Å². The first-order valence-electron chi connectivity index (χ1n) is 7.21. The Morgan fingerprint density at radius 1 is 0.923 bits per heavy atom. The van der Waals surface area contributed by atoms with E-state index in [0.29, 0.717) is 16.1 Å². The van der Waals surface area contributed by atoms with Crippen molar-refractivity contribution in [1.82, 2.24) is 0 Å². The number of nitrogens with zero attached hydrogens (tertiary/aromatic N) is 4. The first-order chi connectivity index (χ1) is 12.4. The van der Waals surface area contributed by atoms with Crippen molar-refractivity contribution in [2.45, 2.75) is 4.90 Å². The van der Waals surface area contributed by atoms with Gasteiger partial charge in [-0.1, -0.05) is 41.1 Å². The molecule has 0 saturated carbocycles. The molecule has 0 saturated heterocycles. The van der Waals surface area contributed by atoms with Crippen LogP contribution in [0.1, 0.15) is 0 Å². The van der Waals surface area contributed by atoms with Crippen LogP contribution < -0.4 is 5.84 Å². The standard InChI is InChI=1S/C16H12ClN5O3S/c17-10-5-7-11(8-6-10)19-20-14-9-15(26(23,24)25)12-3-1-2-4-13(12)16(14)21-22-18/h1-9H,(H2,18,21)(H,23,24,25). The van der Waals surface area contributed by atoms with Gasteiger partial charge in [0.15, 0.2) is 0 Å². The summed E-state index contributed by atoms with van der Waals surface area (Å²) in [4.78, 5) is -0.311. The zero-order valence-electron chi connectivity index (χ0n) is 13.1. The van der Waals surface area contributed by atoms with Crippen molar-refractivity contribution in [3.63, 3.8) is 0 Å².